The Morgan fingerprint density at radius 1 is 1.22 bits per heavy atom. The third-order valence-corrected chi connectivity index (χ3v) is 5.09. The lowest BCUT2D eigenvalue weighted by atomic mass is 9.97. The topological polar surface area (TPSA) is 32.8 Å². The van der Waals surface area contributed by atoms with Crippen LogP contribution in [-0.4, -0.2) is 54.0 Å². The van der Waals surface area contributed by atoms with Crippen molar-refractivity contribution in [3.63, 3.8) is 0 Å². The van der Waals surface area contributed by atoms with Gasteiger partial charge in [-0.1, -0.05) is 24.6 Å². The van der Waals surface area contributed by atoms with Gasteiger partial charge in [0, 0.05) is 31.6 Å². The van der Waals surface area contributed by atoms with Gasteiger partial charge in [0.25, 0.3) is 0 Å². The number of rotatable bonds is 6. The third kappa shape index (κ3) is 4.25. The minimum atomic E-state index is 0.280. The number of nitrogens with zero attached hydrogens (tertiary/aromatic N) is 2. The van der Waals surface area contributed by atoms with E-state index in [9.17, 15) is 4.79 Å². The standard InChI is InChI=1S/C19H28N2O2/c1-16-8-5-6-12-21(16)17-14-20(15-17)19(22)11-7-13-23-18-9-3-2-4-10-18/h2-4,9-10,16-17H,5-8,11-15H2,1H3/t16-/m0/s1. The van der Waals surface area contributed by atoms with Crippen LogP contribution in [0.25, 0.3) is 0 Å². The fourth-order valence-corrected chi connectivity index (χ4v) is 3.62. The molecule has 1 atom stereocenters. The second kappa shape index (κ2) is 7.82. The van der Waals surface area contributed by atoms with Crippen molar-refractivity contribution >= 4 is 5.91 Å². The van der Waals surface area contributed by atoms with Crippen LogP contribution in [0.2, 0.25) is 0 Å². The number of piperidine rings is 1. The van der Waals surface area contributed by atoms with E-state index in [0.29, 0.717) is 25.1 Å². The molecule has 2 heterocycles. The average molecular weight is 316 g/mol. The lowest BCUT2D eigenvalue weighted by Crippen LogP contribution is -2.63. The van der Waals surface area contributed by atoms with Crippen LogP contribution in [0.5, 0.6) is 5.75 Å². The summed E-state index contributed by atoms with van der Waals surface area (Å²) in [5.41, 5.74) is 0. The first kappa shape index (κ1) is 16.3. The van der Waals surface area contributed by atoms with Crippen molar-refractivity contribution < 1.29 is 9.53 Å². The smallest absolute Gasteiger partial charge is 0.222 e. The molecule has 1 aromatic rings. The Morgan fingerprint density at radius 3 is 2.74 bits per heavy atom. The highest BCUT2D eigenvalue weighted by Gasteiger charge is 2.36. The number of ether oxygens (including phenoxy) is 1. The second-order valence-corrected chi connectivity index (χ2v) is 6.80. The second-order valence-electron chi connectivity index (χ2n) is 6.80. The van der Waals surface area contributed by atoms with E-state index in [2.05, 4.69) is 11.8 Å². The van der Waals surface area contributed by atoms with Crippen LogP contribution in [0, 0.1) is 0 Å². The number of benzene rings is 1. The van der Waals surface area contributed by atoms with Crippen molar-refractivity contribution in [1.29, 1.82) is 0 Å². The Labute approximate surface area is 139 Å². The molecule has 3 rings (SSSR count). The first-order valence-electron chi connectivity index (χ1n) is 8.95. The molecule has 0 aromatic heterocycles. The predicted octanol–water partition coefficient (Wildman–Crippen LogP) is 2.93. The molecule has 23 heavy (non-hydrogen) atoms. The van der Waals surface area contributed by atoms with E-state index in [0.717, 1.165) is 25.3 Å². The highest BCUT2D eigenvalue weighted by molar-refractivity contribution is 5.77. The van der Waals surface area contributed by atoms with Crippen LogP contribution in [0.4, 0.5) is 0 Å². The summed E-state index contributed by atoms with van der Waals surface area (Å²) in [5, 5.41) is 0. The van der Waals surface area contributed by atoms with Gasteiger partial charge in [0.05, 0.1) is 6.61 Å². The number of carbonyl (C=O) groups excluding carboxylic acids is 1. The van der Waals surface area contributed by atoms with E-state index in [-0.39, 0.29) is 5.91 Å². The van der Waals surface area contributed by atoms with Crippen molar-refractivity contribution in [3.8, 4) is 5.75 Å². The first-order chi connectivity index (χ1) is 11.2. The first-order valence-corrected chi connectivity index (χ1v) is 8.95. The van der Waals surface area contributed by atoms with Gasteiger partial charge in [-0.05, 0) is 44.9 Å². The van der Waals surface area contributed by atoms with Gasteiger partial charge >= 0.3 is 0 Å². The van der Waals surface area contributed by atoms with Gasteiger partial charge in [0.1, 0.15) is 5.75 Å². The zero-order chi connectivity index (χ0) is 16.1. The summed E-state index contributed by atoms with van der Waals surface area (Å²) in [5.74, 6) is 1.16. The van der Waals surface area contributed by atoms with Crippen molar-refractivity contribution in [2.24, 2.45) is 0 Å². The summed E-state index contributed by atoms with van der Waals surface area (Å²) in [7, 11) is 0. The SMILES string of the molecule is C[C@H]1CCCCN1C1CN(C(=O)CCCOc2ccccc2)C1. The molecular weight excluding hydrogens is 288 g/mol. The Morgan fingerprint density at radius 2 is 2.00 bits per heavy atom. The molecule has 126 valence electrons. The predicted molar refractivity (Wildman–Crippen MR) is 91.6 cm³/mol. The van der Waals surface area contributed by atoms with Gasteiger partial charge in [-0.25, -0.2) is 0 Å². The van der Waals surface area contributed by atoms with Gasteiger partial charge in [0.2, 0.25) is 5.91 Å². The maximum atomic E-state index is 12.2. The van der Waals surface area contributed by atoms with E-state index in [4.69, 9.17) is 4.74 Å². The molecule has 1 aromatic carbocycles. The summed E-state index contributed by atoms with van der Waals surface area (Å²) in [4.78, 5) is 16.8. The molecule has 2 aliphatic rings. The maximum absolute atomic E-state index is 12.2. The number of para-hydroxylation sites is 1. The number of amides is 1. The van der Waals surface area contributed by atoms with Gasteiger partial charge in [-0.3, -0.25) is 9.69 Å². The summed E-state index contributed by atoms with van der Waals surface area (Å²) >= 11 is 0. The zero-order valence-corrected chi connectivity index (χ0v) is 14.1. The van der Waals surface area contributed by atoms with Crippen molar-refractivity contribution in [2.75, 3.05) is 26.2 Å². The quantitative estimate of drug-likeness (QED) is 0.757. The summed E-state index contributed by atoms with van der Waals surface area (Å²) < 4.78 is 5.64. The molecule has 0 radical (unpaired) electrons. The number of hydrogen-bond donors (Lipinski definition) is 0. The third-order valence-electron chi connectivity index (χ3n) is 5.09. The molecule has 0 saturated carbocycles. The van der Waals surface area contributed by atoms with Gasteiger partial charge in [0.15, 0.2) is 0 Å². The monoisotopic (exact) mass is 316 g/mol. The summed E-state index contributed by atoms with van der Waals surface area (Å²) in [6.07, 6.45) is 5.35. The molecule has 0 bridgehead atoms. The van der Waals surface area contributed by atoms with Crippen LogP contribution in [-0.2, 0) is 4.79 Å². The number of hydrogen-bond acceptors (Lipinski definition) is 3. The molecule has 0 spiro atoms. The molecule has 4 nitrogen and oxygen atoms in total. The van der Waals surface area contributed by atoms with E-state index in [1.165, 1.54) is 25.8 Å². The molecule has 0 N–H and O–H groups in total. The van der Waals surface area contributed by atoms with Crippen molar-refractivity contribution in [2.45, 2.75) is 51.1 Å². The normalized spacial score (nSPS) is 22.7. The number of carbonyl (C=O) groups is 1. The fraction of sp³-hybridized carbons (Fsp3) is 0.632. The molecule has 1 amide bonds. The number of likely N-dealkylation sites (tertiary alicyclic amines) is 2. The van der Waals surface area contributed by atoms with Crippen molar-refractivity contribution in [3.05, 3.63) is 30.3 Å². The molecule has 4 heteroatoms. The largest absolute Gasteiger partial charge is 0.494 e. The van der Waals surface area contributed by atoms with E-state index in [1.807, 2.05) is 35.2 Å². The minimum Gasteiger partial charge on any atom is -0.494 e. The van der Waals surface area contributed by atoms with E-state index >= 15 is 0 Å². The Balaban J connectivity index is 1.31. The zero-order valence-electron chi connectivity index (χ0n) is 14.1. The lowest BCUT2D eigenvalue weighted by Gasteiger charge is -2.49. The molecule has 0 unspecified atom stereocenters. The van der Waals surface area contributed by atoms with E-state index < -0.39 is 0 Å². The highest BCUT2D eigenvalue weighted by Crippen LogP contribution is 2.24. The van der Waals surface area contributed by atoms with Gasteiger partial charge in [-0.15, -0.1) is 0 Å². The van der Waals surface area contributed by atoms with Crippen LogP contribution in [0.15, 0.2) is 30.3 Å². The van der Waals surface area contributed by atoms with Crippen molar-refractivity contribution in [1.82, 2.24) is 9.80 Å². The lowest BCUT2D eigenvalue weighted by molar-refractivity contribution is -0.140. The van der Waals surface area contributed by atoms with Crippen LogP contribution < -0.4 is 4.74 Å². The fourth-order valence-electron chi connectivity index (χ4n) is 3.62. The van der Waals surface area contributed by atoms with E-state index in [1.54, 1.807) is 0 Å². The Hall–Kier alpha value is -1.55. The minimum absolute atomic E-state index is 0.280. The molecular formula is C19H28N2O2. The molecule has 2 saturated heterocycles. The maximum Gasteiger partial charge on any atom is 0.222 e. The van der Waals surface area contributed by atoms with Crippen LogP contribution in [0.1, 0.15) is 39.0 Å². The molecule has 2 aliphatic heterocycles. The average Bonchev–Trinajstić information content (AvgIpc) is 2.53. The Bertz CT molecular complexity index is 499. The van der Waals surface area contributed by atoms with Gasteiger partial charge in [-0.2, -0.15) is 0 Å². The highest BCUT2D eigenvalue weighted by atomic mass is 16.5. The summed E-state index contributed by atoms with van der Waals surface area (Å²) in [6.45, 7) is 5.98. The molecule has 0 aliphatic carbocycles. The van der Waals surface area contributed by atoms with Gasteiger partial charge < -0.3 is 9.64 Å². The molecule has 2 fully saturated rings. The van der Waals surface area contributed by atoms with Crippen LogP contribution >= 0.6 is 0 Å². The van der Waals surface area contributed by atoms with Crippen LogP contribution in [0.3, 0.4) is 0 Å². The summed E-state index contributed by atoms with van der Waals surface area (Å²) in [6, 6.07) is 11.1. The Kier molecular flexibility index (Phi) is 5.55.